The van der Waals surface area contributed by atoms with Crippen LogP contribution in [0.15, 0.2) is 58.0 Å². The van der Waals surface area contributed by atoms with Crippen LogP contribution in [0.3, 0.4) is 0 Å². The van der Waals surface area contributed by atoms with Gasteiger partial charge in [-0.3, -0.25) is 15.1 Å². The van der Waals surface area contributed by atoms with E-state index in [1.54, 1.807) is 24.4 Å². The average molecular weight is 373 g/mol. The first kappa shape index (κ1) is 17.7. The van der Waals surface area contributed by atoms with E-state index < -0.39 is 15.9 Å². The van der Waals surface area contributed by atoms with Crippen molar-refractivity contribution >= 4 is 21.9 Å². The molecule has 3 rings (SSSR count). The molecule has 2 aromatic heterocycles. The van der Waals surface area contributed by atoms with Gasteiger partial charge in [-0.2, -0.15) is 0 Å². The van der Waals surface area contributed by atoms with E-state index in [4.69, 9.17) is 4.42 Å². The van der Waals surface area contributed by atoms with Crippen molar-refractivity contribution in [2.75, 3.05) is 19.4 Å². The molecule has 0 saturated heterocycles. The largest absolute Gasteiger partial charge is 0.401 e. The smallest absolute Gasteiger partial charge is 0.322 e. The molecule has 9 nitrogen and oxygen atoms in total. The van der Waals surface area contributed by atoms with Crippen LogP contribution in [0.5, 0.6) is 0 Å². The fourth-order valence-corrected chi connectivity index (χ4v) is 2.93. The van der Waals surface area contributed by atoms with Gasteiger partial charge in [-0.15, -0.1) is 5.10 Å². The Labute approximate surface area is 149 Å². The quantitative estimate of drug-likeness (QED) is 0.722. The summed E-state index contributed by atoms with van der Waals surface area (Å²) < 4.78 is 30.5. The molecule has 0 aliphatic heterocycles. The number of carbonyl (C=O) groups excluding carboxylic acids is 1. The molecule has 0 bridgehead atoms. The molecule has 1 N–H and O–H groups in total. The molecule has 0 fully saturated rings. The number of aromatic nitrogens is 3. The van der Waals surface area contributed by atoms with E-state index in [0.29, 0.717) is 5.69 Å². The number of benzene rings is 1. The summed E-state index contributed by atoms with van der Waals surface area (Å²) in [6, 6.07) is 10.7. The predicted molar refractivity (Wildman–Crippen MR) is 92.8 cm³/mol. The summed E-state index contributed by atoms with van der Waals surface area (Å²) in [4.78, 5) is 16.4. The van der Waals surface area contributed by atoms with Gasteiger partial charge in [0, 0.05) is 25.9 Å². The Balaban J connectivity index is 1.74. The van der Waals surface area contributed by atoms with Crippen LogP contribution in [-0.2, 0) is 10.0 Å². The summed E-state index contributed by atoms with van der Waals surface area (Å²) in [6.45, 7) is 0. The van der Waals surface area contributed by atoms with Crippen LogP contribution < -0.4 is 5.32 Å². The number of sulfonamides is 1. The Morgan fingerprint density at radius 2 is 1.81 bits per heavy atom. The number of nitrogens with zero attached hydrogens (tertiary/aromatic N) is 4. The van der Waals surface area contributed by atoms with E-state index in [-0.39, 0.29) is 22.4 Å². The van der Waals surface area contributed by atoms with Crippen LogP contribution in [0.4, 0.5) is 6.01 Å². The Hall–Kier alpha value is -3.11. The van der Waals surface area contributed by atoms with E-state index >= 15 is 0 Å². The Bertz CT molecular complexity index is 1010. The minimum absolute atomic E-state index is 0.0827. The van der Waals surface area contributed by atoms with Gasteiger partial charge < -0.3 is 4.42 Å². The lowest BCUT2D eigenvalue weighted by Gasteiger charge is -2.11. The fourth-order valence-electron chi connectivity index (χ4n) is 2.02. The monoisotopic (exact) mass is 373 g/mol. The number of nitrogens with one attached hydrogen (secondary N) is 1. The zero-order valence-electron chi connectivity index (χ0n) is 13.9. The van der Waals surface area contributed by atoms with Gasteiger partial charge in [-0.25, -0.2) is 12.7 Å². The Kier molecular flexibility index (Phi) is 4.78. The van der Waals surface area contributed by atoms with Gasteiger partial charge in [-0.05, 0) is 36.4 Å². The summed E-state index contributed by atoms with van der Waals surface area (Å²) in [5.74, 6) is -0.330. The van der Waals surface area contributed by atoms with Gasteiger partial charge in [0.1, 0.15) is 5.69 Å². The van der Waals surface area contributed by atoms with E-state index in [0.717, 1.165) is 4.31 Å². The van der Waals surface area contributed by atoms with Crippen LogP contribution in [0, 0.1) is 0 Å². The lowest BCUT2D eigenvalue weighted by molar-refractivity contribution is 0.102. The maximum atomic E-state index is 12.2. The molecule has 0 radical (unpaired) electrons. The van der Waals surface area contributed by atoms with Crippen LogP contribution in [0.2, 0.25) is 0 Å². The Morgan fingerprint density at radius 1 is 1.08 bits per heavy atom. The maximum Gasteiger partial charge on any atom is 0.322 e. The number of hydrogen-bond acceptors (Lipinski definition) is 7. The molecule has 134 valence electrons. The normalized spacial score (nSPS) is 11.5. The van der Waals surface area contributed by atoms with Crippen molar-refractivity contribution in [3.05, 3.63) is 54.2 Å². The summed E-state index contributed by atoms with van der Waals surface area (Å²) in [7, 11) is -0.681. The molecule has 3 aromatic rings. The second-order valence-electron chi connectivity index (χ2n) is 5.39. The summed E-state index contributed by atoms with van der Waals surface area (Å²) >= 11 is 0. The lowest BCUT2D eigenvalue weighted by Crippen LogP contribution is -2.22. The zero-order chi connectivity index (χ0) is 18.7. The first-order valence-electron chi connectivity index (χ1n) is 7.47. The van der Waals surface area contributed by atoms with E-state index in [1.165, 1.54) is 38.4 Å². The van der Waals surface area contributed by atoms with Gasteiger partial charge in [0.2, 0.25) is 10.0 Å². The molecule has 0 unspecified atom stereocenters. The summed E-state index contributed by atoms with van der Waals surface area (Å²) in [5.41, 5.74) is 0.735. The molecule has 26 heavy (non-hydrogen) atoms. The minimum atomic E-state index is -3.55. The predicted octanol–water partition coefficient (Wildman–Crippen LogP) is 1.63. The highest BCUT2D eigenvalue weighted by Crippen LogP contribution is 2.18. The van der Waals surface area contributed by atoms with E-state index in [1.807, 2.05) is 0 Å². The van der Waals surface area contributed by atoms with Gasteiger partial charge in [0.15, 0.2) is 0 Å². The third kappa shape index (κ3) is 3.60. The van der Waals surface area contributed by atoms with Gasteiger partial charge in [-0.1, -0.05) is 11.2 Å². The van der Waals surface area contributed by atoms with Crippen LogP contribution in [-0.4, -0.2) is 47.9 Å². The highest BCUT2D eigenvalue weighted by Gasteiger charge is 2.18. The summed E-state index contributed by atoms with van der Waals surface area (Å²) in [5, 5.41) is 10.0. The number of pyridine rings is 1. The number of carbonyl (C=O) groups is 1. The molecule has 1 aromatic carbocycles. The first-order chi connectivity index (χ1) is 12.4. The van der Waals surface area contributed by atoms with Crippen molar-refractivity contribution < 1.29 is 17.6 Å². The third-order valence-corrected chi connectivity index (χ3v) is 5.25. The molecule has 0 aliphatic carbocycles. The van der Waals surface area contributed by atoms with Crippen molar-refractivity contribution in [1.82, 2.24) is 19.5 Å². The second-order valence-corrected chi connectivity index (χ2v) is 7.55. The molecule has 0 saturated carbocycles. The lowest BCUT2D eigenvalue weighted by atomic mass is 10.2. The highest BCUT2D eigenvalue weighted by molar-refractivity contribution is 7.89. The number of amides is 1. The van der Waals surface area contributed by atoms with Crippen molar-refractivity contribution in [3.63, 3.8) is 0 Å². The molecule has 0 atom stereocenters. The van der Waals surface area contributed by atoms with Crippen LogP contribution >= 0.6 is 0 Å². The van der Waals surface area contributed by atoms with Crippen molar-refractivity contribution in [2.45, 2.75) is 4.90 Å². The van der Waals surface area contributed by atoms with E-state index in [2.05, 4.69) is 20.5 Å². The van der Waals surface area contributed by atoms with Crippen molar-refractivity contribution in [3.8, 4) is 11.6 Å². The number of anilines is 1. The minimum Gasteiger partial charge on any atom is -0.401 e. The number of hydrogen-bond donors (Lipinski definition) is 1. The standard InChI is InChI=1S/C16H15N5O4S/c1-21(2)26(23,24)12-8-6-11(7-9-12)14(22)18-16-20-19-15(25-16)13-5-3-4-10-17-13/h3-10H,1-2H3,(H,18,20,22). The van der Waals surface area contributed by atoms with Gasteiger partial charge in [0.05, 0.1) is 4.90 Å². The number of rotatable bonds is 5. The SMILES string of the molecule is CN(C)S(=O)(=O)c1ccc(C(=O)Nc2nnc(-c3ccccn3)o2)cc1. The molecule has 0 spiro atoms. The molecule has 0 aliphatic rings. The van der Waals surface area contributed by atoms with Crippen LogP contribution in [0.25, 0.3) is 11.6 Å². The highest BCUT2D eigenvalue weighted by atomic mass is 32.2. The maximum absolute atomic E-state index is 12.2. The summed E-state index contributed by atoms with van der Waals surface area (Å²) in [6.07, 6.45) is 1.58. The van der Waals surface area contributed by atoms with Crippen LogP contribution in [0.1, 0.15) is 10.4 Å². The van der Waals surface area contributed by atoms with Gasteiger partial charge in [0.25, 0.3) is 11.8 Å². The topological polar surface area (TPSA) is 118 Å². The first-order valence-corrected chi connectivity index (χ1v) is 8.91. The zero-order valence-corrected chi connectivity index (χ0v) is 14.8. The molecular weight excluding hydrogens is 358 g/mol. The molecule has 10 heteroatoms. The third-order valence-electron chi connectivity index (χ3n) is 3.42. The Morgan fingerprint density at radius 3 is 2.42 bits per heavy atom. The molecule has 2 heterocycles. The molecule has 1 amide bonds. The fraction of sp³-hybridized carbons (Fsp3) is 0.125. The van der Waals surface area contributed by atoms with E-state index in [9.17, 15) is 13.2 Å². The average Bonchev–Trinajstić information content (AvgIpc) is 3.11. The molecular formula is C16H15N5O4S. The van der Waals surface area contributed by atoms with Crippen molar-refractivity contribution in [1.29, 1.82) is 0 Å². The second kappa shape index (κ2) is 7.02. The van der Waals surface area contributed by atoms with Gasteiger partial charge >= 0.3 is 6.01 Å². The van der Waals surface area contributed by atoms with Crippen molar-refractivity contribution in [2.24, 2.45) is 0 Å².